The summed E-state index contributed by atoms with van der Waals surface area (Å²) in [7, 11) is 2.99. The summed E-state index contributed by atoms with van der Waals surface area (Å²) >= 11 is 0. The zero-order valence-corrected chi connectivity index (χ0v) is 36.0. The number of nitrogens with one attached hydrogen (secondary N) is 3. The van der Waals surface area contributed by atoms with E-state index in [0.717, 1.165) is 17.1 Å². The first-order valence-electron chi connectivity index (χ1n) is 18.8. The highest BCUT2D eigenvalue weighted by molar-refractivity contribution is 8.77. The van der Waals surface area contributed by atoms with Crippen molar-refractivity contribution in [3.8, 4) is 0 Å². The van der Waals surface area contributed by atoms with Crippen molar-refractivity contribution < 1.29 is 43.3 Å². The van der Waals surface area contributed by atoms with Gasteiger partial charge >= 0.3 is 5.97 Å². The quantitative estimate of drug-likeness (QED) is 0.0606. The monoisotopic (exact) mass is 801 g/mol. The Morgan fingerprint density at radius 2 is 1.41 bits per heavy atom. The number of ether oxygens (including phenoxy) is 2. The Labute approximate surface area is 330 Å². The first kappa shape index (κ1) is 49.4. The molecule has 0 fully saturated rings. The number of nitrogens with zero attached hydrogens (tertiary/aromatic N) is 1. The van der Waals surface area contributed by atoms with Crippen LogP contribution in [0, 0.1) is 0 Å². The fourth-order valence-electron chi connectivity index (χ4n) is 5.30. The molecule has 5 amide bonds. The van der Waals surface area contributed by atoms with Gasteiger partial charge in [-0.05, 0) is 80.1 Å². The molecule has 0 spiro atoms. The lowest BCUT2D eigenvalue weighted by Gasteiger charge is -2.34. The average molecular weight is 802 g/mol. The van der Waals surface area contributed by atoms with E-state index in [4.69, 9.17) is 20.3 Å². The summed E-state index contributed by atoms with van der Waals surface area (Å²) in [5, 5.41) is 17.9. The Balaban J connectivity index is 2.80. The molecule has 1 aliphatic rings. The Kier molecular flexibility index (Phi) is 19.7. The third-order valence-corrected chi connectivity index (χ3v) is 12.8. The van der Waals surface area contributed by atoms with Crippen molar-refractivity contribution in [3.63, 3.8) is 0 Å². The molecule has 4 atom stereocenters. The zero-order chi connectivity index (χ0) is 41.5. The van der Waals surface area contributed by atoms with E-state index in [0.29, 0.717) is 51.7 Å². The van der Waals surface area contributed by atoms with Crippen molar-refractivity contribution in [2.24, 2.45) is 5.73 Å². The van der Waals surface area contributed by atoms with Crippen molar-refractivity contribution in [1.29, 1.82) is 0 Å². The Hall–Kier alpha value is -2.66. The fraction of sp³-hybridized carbons (Fsp3) is 0.789. The number of rotatable bonds is 26. The molecule has 310 valence electrons. The maximum atomic E-state index is 13.7. The van der Waals surface area contributed by atoms with Crippen LogP contribution in [0.25, 0.3) is 0 Å². The number of nitrogens with two attached hydrogens (primary N) is 1. The number of hydrogen-bond acceptors (Lipinski definition) is 11. The highest BCUT2D eigenvalue weighted by atomic mass is 33.1. The van der Waals surface area contributed by atoms with Crippen molar-refractivity contribution in [3.05, 3.63) is 12.2 Å². The van der Waals surface area contributed by atoms with E-state index in [9.17, 15) is 28.8 Å². The summed E-state index contributed by atoms with van der Waals surface area (Å²) in [5.74, 6) is -3.12. The number of aliphatic carboxylic acids is 1. The lowest BCUT2D eigenvalue weighted by molar-refractivity contribution is -0.145. The van der Waals surface area contributed by atoms with Gasteiger partial charge in [-0.2, -0.15) is 0 Å². The molecule has 0 aromatic rings. The van der Waals surface area contributed by atoms with E-state index in [1.54, 1.807) is 10.8 Å². The first-order chi connectivity index (χ1) is 24.8. The van der Waals surface area contributed by atoms with Crippen molar-refractivity contribution >= 4 is 57.1 Å². The summed E-state index contributed by atoms with van der Waals surface area (Å²) in [6.07, 6.45) is 5.70. The molecule has 0 saturated carbocycles. The van der Waals surface area contributed by atoms with Crippen LogP contribution in [0.3, 0.4) is 0 Å². The Bertz CT molecular complexity index is 1320. The van der Waals surface area contributed by atoms with Gasteiger partial charge in [0.05, 0.1) is 11.2 Å². The second-order valence-electron chi connectivity index (χ2n) is 16.7. The maximum Gasteiger partial charge on any atom is 0.303 e. The molecule has 4 unspecified atom stereocenters. The minimum Gasteiger partial charge on any atom is -0.481 e. The lowest BCUT2D eigenvalue weighted by Crippen LogP contribution is -2.59. The molecule has 0 radical (unpaired) electrons. The van der Waals surface area contributed by atoms with Crippen molar-refractivity contribution in [1.82, 2.24) is 20.9 Å². The number of carboxylic acids is 1. The second-order valence-corrected chi connectivity index (χ2v) is 19.8. The van der Waals surface area contributed by atoms with Crippen molar-refractivity contribution in [2.45, 2.75) is 167 Å². The van der Waals surface area contributed by atoms with Gasteiger partial charge in [0, 0.05) is 66.3 Å². The van der Waals surface area contributed by atoms with E-state index >= 15 is 0 Å². The number of imide groups is 1. The zero-order valence-electron chi connectivity index (χ0n) is 34.3. The van der Waals surface area contributed by atoms with Crippen LogP contribution >= 0.6 is 21.6 Å². The Morgan fingerprint density at radius 3 is 1.93 bits per heavy atom. The number of carbonyl (C=O) groups excluding carboxylic acids is 5. The molecule has 6 N–H and O–H groups in total. The molecular formula is C38H67N5O9S2. The molecule has 0 bridgehead atoms. The number of carboxylic acid groups (broad SMARTS) is 1. The van der Waals surface area contributed by atoms with Gasteiger partial charge in [-0.25, -0.2) is 0 Å². The van der Waals surface area contributed by atoms with Crippen LogP contribution in [0.2, 0.25) is 0 Å². The molecule has 1 heterocycles. The SMILES string of the molecule is CCC(C)(CCOC(C)(C)CCC(=O)O)NC(=O)CCC(C)(CC)OCCC(C)(C)NC(=O)C(CSSC(C)(C)C)NC(=O)C(CN)N1C(=O)C=CC1=O. The molecule has 1 rings (SSSR count). The molecule has 16 heteroatoms. The van der Waals surface area contributed by atoms with E-state index in [1.807, 2.05) is 76.2 Å². The van der Waals surface area contributed by atoms with Gasteiger partial charge in [0.15, 0.2) is 0 Å². The Morgan fingerprint density at radius 1 is 0.815 bits per heavy atom. The lowest BCUT2D eigenvalue weighted by atomic mass is 9.92. The number of carbonyl (C=O) groups is 6. The number of amides is 5. The normalized spacial score (nSPS) is 17.1. The summed E-state index contributed by atoms with van der Waals surface area (Å²) in [6.45, 7) is 21.9. The summed E-state index contributed by atoms with van der Waals surface area (Å²) in [6, 6.07) is -2.24. The second kappa shape index (κ2) is 21.6. The molecule has 0 aliphatic carbocycles. The van der Waals surface area contributed by atoms with E-state index < -0.39 is 64.0 Å². The smallest absolute Gasteiger partial charge is 0.303 e. The predicted molar refractivity (Wildman–Crippen MR) is 215 cm³/mol. The molecule has 0 aromatic heterocycles. The van der Waals surface area contributed by atoms with Crippen LogP contribution in [-0.2, 0) is 38.2 Å². The molecule has 0 saturated heterocycles. The van der Waals surface area contributed by atoms with Gasteiger partial charge in [-0.15, -0.1) is 0 Å². The highest BCUT2D eigenvalue weighted by Gasteiger charge is 2.37. The predicted octanol–water partition coefficient (Wildman–Crippen LogP) is 4.49. The topological polar surface area (TPSA) is 206 Å². The van der Waals surface area contributed by atoms with Crippen LogP contribution in [0.5, 0.6) is 0 Å². The van der Waals surface area contributed by atoms with E-state index in [1.165, 1.54) is 10.8 Å². The van der Waals surface area contributed by atoms with Gasteiger partial charge < -0.3 is 36.3 Å². The van der Waals surface area contributed by atoms with E-state index in [2.05, 4.69) is 16.0 Å². The molecule has 14 nitrogen and oxygen atoms in total. The van der Waals surface area contributed by atoms with Gasteiger partial charge in [0.1, 0.15) is 12.1 Å². The molecule has 54 heavy (non-hydrogen) atoms. The summed E-state index contributed by atoms with van der Waals surface area (Å²) in [5.41, 5.74) is 3.41. The van der Waals surface area contributed by atoms with Gasteiger partial charge in [-0.1, -0.05) is 56.2 Å². The van der Waals surface area contributed by atoms with Crippen molar-refractivity contribution in [2.75, 3.05) is 25.5 Å². The third kappa shape index (κ3) is 18.3. The van der Waals surface area contributed by atoms with Gasteiger partial charge in [0.2, 0.25) is 17.7 Å². The van der Waals surface area contributed by atoms with Gasteiger partial charge in [-0.3, -0.25) is 33.7 Å². The van der Waals surface area contributed by atoms with Crippen LogP contribution in [0.15, 0.2) is 12.2 Å². The van der Waals surface area contributed by atoms with Crippen LogP contribution in [-0.4, -0.2) is 110 Å². The first-order valence-corrected chi connectivity index (χ1v) is 21.1. The minimum absolute atomic E-state index is 0.0266. The van der Waals surface area contributed by atoms with Crippen LogP contribution in [0.1, 0.15) is 128 Å². The standard InChI is InChI=1S/C38H67N5O9S2/c1-12-37(10,21-23-51-36(8,9)18-17-31(47)48)41-28(44)16-19-38(11,13-2)52-22-20-35(6,7)42-32(49)26(25-53-54-34(3,4)5)40-33(50)27(24-39)43-29(45)14-15-30(43)46/h14-15,26-27H,12-13,16-25,39H2,1-11H3,(H,40,50)(H,41,44)(H,42,49)(H,47,48). The van der Waals surface area contributed by atoms with Gasteiger partial charge in [0.25, 0.3) is 11.8 Å². The molecule has 0 aromatic carbocycles. The summed E-state index contributed by atoms with van der Waals surface area (Å²) < 4.78 is 12.2. The number of hydrogen-bond donors (Lipinski definition) is 5. The van der Waals surface area contributed by atoms with E-state index in [-0.39, 0.29) is 35.8 Å². The fourth-order valence-corrected chi connectivity index (χ4v) is 7.77. The highest BCUT2D eigenvalue weighted by Crippen LogP contribution is 2.35. The largest absolute Gasteiger partial charge is 0.481 e. The minimum atomic E-state index is -1.26. The molecular weight excluding hydrogens is 735 g/mol. The maximum absolute atomic E-state index is 13.7. The third-order valence-electron chi connectivity index (χ3n) is 9.43. The molecule has 1 aliphatic heterocycles. The average Bonchev–Trinajstić information content (AvgIpc) is 3.38. The van der Waals surface area contributed by atoms with Crippen LogP contribution < -0.4 is 21.7 Å². The summed E-state index contributed by atoms with van der Waals surface area (Å²) in [4.78, 5) is 76.3. The van der Waals surface area contributed by atoms with Crippen LogP contribution in [0.4, 0.5) is 0 Å².